The van der Waals surface area contributed by atoms with Crippen molar-refractivity contribution in [3.05, 3.63) is 35.4 Å². The maximum absolute atomic E-state index is 11.1. The maximum Gasteiger partial charge on any atom is 0.338 e. The van der Waals surface area contributed by atoms with Gasteiger partial charge in [0.15, 0.2) is 6.10 Å². The van der Waals surface area contributed by atoms with Gasteiger partial charge in [-0.25, -0.2) is 4.79 Å². The number of benzene rings is 1. The molecule has 1 aromatic carbocycles. The van der Waals surface area contributed by atoms with Crippen molar-refractivity contribution >= 4 is 5.97 Å². The summed E-state index contributed by atoms with van der Waals surface area (Å²) in [5.74, 6) is -0.296. The largest absolute Gasteiger partial charge is 0.467 e. The number of carbonyl (C=O) groups excluding carboxylic acids is 1. The standard InChI is InChI=1S/C11H12O3/c1-7-3-5-8(6-4-7)9-10(14-9)11(12)13-2/h3-6,9-10H,1-2H3/t9-,10+/m1/s1. The number of hydrogen-bond donors (Lipinski definition) is 0. The summed E-state index contributed by atoms with van der Waals surface area (Å²) < 4.78 is 9.81. The van der Waals surface area contributed by atoms with Gasteiger partial charge in [-0.3, -0.25) is 0 Å². The number of hydrogen-bond acceptors (Lipinski definition) is 3. The summed E-state index contributed by atoms with van der Waals surface area (Å²) in [7, 11) is 1.37. The fourth-order valence-electron chi connectivity index (χ4n) is 1.42. The molecule has 1 aliphatic rings. The summed E-state index contributed by atoms with van der Waals surface area (Å²) in [6, 6.07) is 7.96. The Balaban J connectivity index is 2.06. The van der Waals surface area contributed by atoms with Gasteiger partial charge in [-0.15, -0.1) is 0 Å². The third-order valence-corrected chi connectivity index (χ3v) is 2.33. The molecule has 0 saturated carbocycles. The van der Waals surface area contributed by atoms with Crippen molar-refractivity contribution in [3.63, 3.8) is 0 Å². The van der Waals surface area contributed by atoms with E-state index in [4.69, 9.17) is 4.74 Å². The van der Waals surface area contributed by atoms with E-state index in [1.165, 1.54) is 12.7 Å². The number of carbonyl (C=O) groups is 1. The zero-order chi connectivity index (χ0) is 10.1. The molecule has 2 rings (SSSR count). The van der Waals surface area contributed by atoms with Crippen molar-refractivity contribution < 1.29 is 14.3 Å². The van der Waals surface area contributed by atoms with Crippen LogP contribution in [0.5, 0.6) is 0 Å². The Morgan fingerprint density at radius 1 is 1.36 bits per heavy atom. The normalized spacial score (nSPS) is 24.4. The van der Waals surface area contributed by atoms with Gasteiger partial charge in [-0.1, -0.05) is 29.8 Å². The van der Waals surface area contributed by atoms with E-state index in [2.05, 4.69) is 4.74 Å². The van der Waals surface area contributed by atoms with E-state index >= 15 is 0 Å². The smallest absolute Gasteiger partial charge is 0.338 e. The molecule has 2 atom stereocenters. The van der Waals surface area contributed by atoms with Crippen LogP contribution in [0.2, 0.25) is 0 Å². The van der Waals surface area contributed by atoms with Crippen LogP contribution in [-0.2, 0) is 14.3 Å². The average molecular weight is 192 g/mol. The molecule has 1 heterocycles. The van der Waals surface area contributed by atoms with Gasteiger partial charge in [-0.2, -0.15) is 0 Å². The SMILES string of the molecule is COC(=O)[C@H]1O[C@@H]1c1ccc(C)cc1. The molecular formula is C11H12O3. The van der Waals surface area contributed by atoms with Crippen LogP contribution in [0.1, 0.15) is 17.2 Å². The van der Waals surface area contributed by atoms with Gasteiger partial charge in [-0.05, 0) is 12.5 Å². The Bertz CT molecular complexity index is 342. The van der Waals surface area contributed by atoms with Gasteiger partial charge < -0.3 is 9.47 Å². The molecule has 1 aliphatic heterocycles. The van der Waals surface area contributed by atoms with Gasteiger partial charge in [0.2, 0.25) is 0 Å². The Hall–Kier alpha value is -1.35. The first-order valence-electron chi connectivity index (χ1n) is 4.52. The van der Waals surface area contributed by atoms with Crippen LogP contribution in [0.25, 0.3) is 0 Å². The molecule has 0 unspecified atom stereocenters. The molecule has 0 aromatic heterocycles. The number of rotatable bonds is 2. The summed E-state index contributed by atoms with van der Waals surface area (Å²) in [6.07, 6.45) is -0.509. The van der Waals surface area contributed by atoms with Gasteiger partial charge in [0.05, 0.1) is 7.11 Å². The predicted octanol–water partition coefficient (Wildman–Crippen LogP) is 1.61. The zero-order valence-electron chi connectivity index (χ0n) is 8.19. The number of methoxy groups -OCH3 is 1. The van der Waals surface area contributed by atoms with Gasteiger partial charge >= 0.3 is 5.97 Å². The lowest BCUT2D eigenvalue weighted by molar-refractivity contribution is -0.142. The molecule has 0 radical (unpaired) electrons. The van der Waals surface area contributed by atoms with Crippen molar-refractivity contribution in [1.29, 1.82) is 0 Å². The monoisotopic (exact) mass is 192 g/mol. The lowest BCUT2D eigenvalue weighted by Gasteiger charge is -1.96. The fourth-order valence-corrected chi connectivity index (χ4v) is 1.42. The molecule has 0 amide bonds. The van der Waals surface area contributed by atoms with E-state index in [-0.39, 0.29) is 12.1 Å². The van der Waals surface area contributed by atoms with Crippen LogP contribution in [0.3, 0.4) is 0 Å². The van der Waals surface area contributed by atoms with E-state index in [0.717, 1.165) is 5.56 Å². The number of ether oxygens (including phenoxy) is 2. The third-order valence-electron chi connectivity index (χ3n) is 2.33. The minimum atomic E-state index is -0.400. The Morgan fingerprint density at radius 2 is 2.00 bits per heavy atom. The number of epoxide rings is 1. The first kappa shape index (κ1) is 9.21. The van der Waals surface area contributed by atoms with E-state index in [1.807, 2.05) is 31.2 Å². The van der Waals surface area contributed by atoms with E-state index < -0.39 is 6.10 Å². The van der Waals surface area contributed by atoms with E-state index in [0.29, 0.717) is 0 Å². The second kappa shape index (κ2) is 3.42. The second-order valence-electron chi connectivity index (χ2n) is 3.41. The van der Waals surface area contributed by atoms with Crippen LogP contribution >= 0.6 is 0 Å². The predicted molar refractivity (Wildman–Crippen MR) is 50.8 cm³/mol. The van der Waals surface area contributed by atoms with Crippen LogP contribution in [0, 0.1) is 6.92 Å². The van der Waals surface area contributed by atoms with Crippen LogP contribution in [-0.4, -0.2) is 19.2 Å². The highest BCUT2D eigenvalue weighted by Gasteiger charge is 2.46. The summed E-state index contributed by atoms with van der Waals surface area (Å²) >= 11 is 0. The molecule has 0 aliphatic carbocycles. The minimum absolute atomic E-state index is 0.108. The summed E-state index contributed by atoms with van der Waals surface area (Å²) in [5, 5.41) is 0. The average Bonchev–Trinajstić information content (AvgIpc) is 2.98. The Labute approximate surface area is 82.6 Å². The van der Waals surface area contributed by atoms with Crippen LogP contribution in [0.4, 0.5) is 0 Å². The number of aryl methyl sites for hydroxylation is 1. The molecule has 0 spiro atoms. The zero-order valence-corrected chi connectivity index (χ0v) is 8.19. The fraction of sp³-hybridized carbons (Fsp3) is 0.364. The Kier molecular flexibility index (Phi) is 2.25. The molecule has 1 aromatic rings. The molecule has 1 fully saturated rings. The topological polar surface area (TPSA) is 38.8 Å². The number of esters is 1. The highest BCUT2D eigenvalue weighted by atomic mass is 16.6. The van der Waals surface area contributed by atoms with Crippen molar-refractivity contribution in [3.8, 4) is 0 Å². The van der Waals surface area contributed by atoms with Crippen molar-refractivity contribution in [2.75, 3.05) is 7.11 Å². The molecular weight excluding hydrogens is 180 g/mol. The van der Waals surface area contributed by atoms with Crippen molar-refractivity contribution in [2.45, 2.75) is 19.1 Å². The molecule has 0 N–H and O–H groups in total. The van der Waals surface area contributed by atoms with Crippen LogP contribution in [0.15, 0.2) is 24.3 Å². The van der Waals surface area contributed by atoms with Gasteiger partial charge in [0.1, 0.15) is 6.10 Å². The second-order valence-corrected chi connectivity index (χ2v) is 3.41. The highest BCUT2D eigenvalue weighted by molar-refractivity contribution is 5.78. The lowest BCUT2D eigenvalue weighted by Crippen LogP contribution is -2.09. The molecule has 3 heteroatoms. The van der Waals surface area contributed by atoms with Crippen LogP contribution < -0.4 is 0 Å². The van der Waals surface area contributed by atoms with Gasteiger partial charge in [0, 0.05) is 0 Å². The molecule has 1 saturated heterocycles. The summed E-state index contributed by atoms with van der Waals surface area (Å²) in [5.41, 5.74) is 2.23. The molecule has 74 valence electrons. The lowest BCUT2D eigenvalue weighted by atomic mass is 10.1. The molecule has 0 bridgehead atoms. The summed E-state index contributed by atoms with van der Waals surface area (Å²) in [6.45, 7) is 2.02. The first-order valence-corrected chi connectivity index (χ1v) is 4.52. The van der Waals surface area contributed by atoms with Gasteiger partial charge in [0.25, 0.3) is 0 Å². The third kappa shape index (κ3) is 1.63. The highest BCUT2D eigenvalue weighted by Crippen LogP contribution is 2.39. The van der Waals surface area contributed by atoms with E-state index in [1.54, 1.807) is 0 Å². The Morgan fingerprint density at radius 3 is 2.57 bits per heavy atom. The van der Waals surface area contributed by atoms with Crippen molar-refractivity contribution in [2.24, 2.45) is 0 Å². The first-order chi connectivity index (χ1) is 6.72. The molecule has 3 nitrogen and oxygen atoms in total. The summed E-state index contributed by atoms with van der Waals surface area (Å²) in [4.78, 5) is 11.1. The molecule has 14 heavy (non-hydrogen) atoms. The maximum atomic E-state index is 11.1. The van der Waals surface area contributed by atoms with E-state index in [9.17, 15) is 4.79 Å². The quantitative estimate of drug-likeness (QED) is 0.527. The van der Waals surface area contributed by atoms with Crippen molar-refractivity contribution in [1.82, 2.24) is 0 Å². The minimum Gasteiger partial charge on any atom is -0.467 e.